The van der Waals surface area contributed by atoms with E-state index in [1.54, 1.807) is 0 Å². The highest BCUT2D eigenvalue weighted by molar-refractivity contribution is 6.32. The van der Waals surface area contributed by atoms with Crippen molar-refractivity contribution in [3.63, 3.8) is 0 Å². The molecule has 4 nitrogen and oxygen atoms in total. The van der Waals surface area contributed by atoms with Crippen LogP contribution in [0.25, 0.3) is 0 Å². The molecule has 1 aromatic carbocycles. The fraction of sp³-hybridized carbons (Fsp3) is 0.562. The van der Waals surface area contributed by atoms with Crippen molar-refractivity contribution in [3.8, 4) is 0 Å². The van der Waals surface area contributed by atoms with E-state index in [4.69, 9.17) is 11.6 Å². The molecule has 3 rings (SSSR count). The molecule has 2 heterocycles. The van der Waals surface area contributed by atoms with Gasteiger partial charge in [0.1, 0.15) is 0 Å². The summed E-state index contributed by atoms with van der Waals surface area (Å²) in [5.74, 6) is 0.172. The topological polar surface area (TPSA) is 35.6 Å². The van der Waals surface area contributed by atoms with Gasteiger partial charge in [-0.3, -0.25) is 9.69 Å². The second-order valence-corrected chi connectivity index (χ2v) is 6.93. The number of carbonyl (C=O) groups is 1. The summed E-state index contributed by atoms with van der Waals surface area (Å²) < 4.78 is 0. The number of rotatable bonds is 2. The van der Waals surface area contributed by atoms with Crippen LogP contribution in [0.15, 0.2) is 18.2 Å². The Morgan fingerprint density at radius 1 is 1.33 bits per heavy atom. The Hall–Kier alpha value is -1.10. The van der Waals surface area contributed by atoms with E-state index in [1.807, 2.05) is 23.1 Å². The van der Waals surface area contributed by atoms with Crippen molar-refractivity contribution in [1.82, 2.24) is 10.2 Å². The molecular weight excluding hydrogens is 286 g/mol. The third kappa shape index (κ3) is 2.80. The first-order valence-corrected chi connectivity index (χ1v) is 7.89. The van der Waals surface area contributed by atoms with Crippen LogP contribution in [-0.2, 0) is 10.2 Å². The van der Waals surface area contributed by atoms with E-state index in [9.17, 15) is 4.79 Å². The minimum atomic E-state index is -0.0905. The summed E-state index contributed by atoms with van der Waals surface area (Å²) in [6.07, 6.45) is 0. The summed E-state index contributed by atoms with van der Waals surface area (Å²) in [5.41, 5.74) is 1.99. The SMILES string of the molecule is CC1(C)CN(C(=O)CN2CCNCC2)c2cccc(Cl)c21. The molecule has 0 spiro atoms. The van der Waals surface area contributed by atoms with Gasteiger partial charge in [0, 0.05) is 54.4 Å². The molecule has 1 fully saturated rings. The molecule has 0 unspecified atom stereocenters. The summed E-state index contributed by atoms with van der Waals surface area (Å²) in [4.78, 5) is 16.8. The van der Waals surface area contributed by atoms with Crippen LogP contribution >= 0.6 is 11.6 Å². The molecule has 21 heavy (non-hydrogen) atoms. The van der Waals surface area contributed by atoms with Gasteiger partial charge in [-0.1, -0.05) is 31.5 Å². The monoisotopic (exact) mass is 307 g/mol. The Balaban J connectivity index is 1.81. The molecular formula is C16H22ClN3O. The first-order chi connectivity index (χ1) is 9.99. The predicted molar refractivity (Wildman–Crippen MR) is 86.1 cm³/mol. The first-order valence-electron chi connectivity index (χ1n) is 7.51. The second-order valence-electron chi connectivity index (χ2n) is 6.52. The number of benzene rings is 1. The standard InChI is InChI=1S/C16H22ClN3O/c1-16(2)11-20(13-5-3-4-12(17)15(13)16)14(21)10-19-8-6-18-7-9-19/h3-5,18H,6-11H2,1-2H3. The molecule has 1 N–H and O–H groups in total. The molecule has 114 valence electrons. The van der Waals surface area contributed by atoms with Crippen LogP contribution in [0, 0.1) is 0 Å². The maximum absolute atomic E-state index is 12.7. The van der Waals surface area contributed by atoms with Gasteiger partial charge in [0.2, 0.25) is 5.91 Å². The Morgan fingerprint density at radius 2 is 2.05 bits per heavy atom. The van der Waals surface area contributed by atoms with Gasteiger partial charge in [-0.05, 0) is 12.1 Å². The Bertz CT molecular complexity index is 552. The normalized spacial score (nSPS) is 21.4. The molecule has 0 atom stereocenters. The summed E-state index contributed by atoms with van der Waals surface area (Å²) in [6, 6.07) is 5.84. The average Bonchev–Trinajstić information content (AvgIpc) is 2.73. The fourth-order valence-electron chi connectivity index (χ4n) is 3.34. The van der Waals surface area contributed by atoms with Crippen molar-refractivity contribution < 1.29 is 4.79 Å². The van der Waals surface area contributed by atoms with E-state index in [-0.39, 0.29) is 11.3 Å². The number of hydrogen-bond acceptors (Lipinski definition) is 3. The molecule has 0 aromatic heterocycles. The molecule has 2 aliphatic rings. The van der Waals surface area contributed by atoms with E-state index < -0.39 is 0 Å². The van der Waals surface area contributed by atoms with Crippen LogP contribution in [0.4, 0.5) is 5.69 Å². The average molecular weight is 308 g/mol. The lowest BCUT2D eigenvalue weighted by Gasteiger charge is -2.29. The molecule has 1 aromatic rings. The van der Waals surface area contributed by atoms with Gasteiger partial charge in [0.15, 0.2) is 0 Å². The van der Waals surface area contributed by atoms with Crippen LogP contribution in [0.3, 0.4) is 0 Å². The summed E-state index contributed by atoms with van der Waals surface area (Å²) in [7, 11) is 0. The smallest absolute Gasteiger partial charge is 0.241 e. The maximum Gasteiger partial charge on any atom is 0.241 e. The lowest BCUT2D eigenvalue weighted by Crippen LogP contribution is -2.48. The lowest BCUT2D eigenvalue weighted by molar-refractivity contribution is -0.119. The number of halogens is 1. The third-order valence-corrected chi connectivity index (χ3v) is 4.70. The molecule has 0 bridgehead atoms. The molecule has 0 radical (unpaired) electrons. The van der Waals surface area contributed by atoms with Gasteiger partial charge in [-0.15, -0.1) is 0 Å². The summed E-state index contributed by atoms with van der Waals surface area (Å²) in [6.45, 7) is 9.28. The van der Waals surface area contributed by atoms with E-state index in [0.29, 0.717) is 13.1 Å². The van der Waals surface area contributed by atoms with Crippen LogP contribution < -0.4 is 10.2 Å². The minimum absolute atomic E-state index is 0.0905. The highest BCUT2D eigenvalue weighted by Crippen LogP contribution is 2.44. The number of anilines is 1. The van der Waals surface area contributed by atoms with Crippen LogP contribution in [0.1, 0.15) is 19.4 Å². The molecule has 0 saturated carbocycles. The second kappa shape index (κ2) is 5.59. The van der Waals surface area contributed by atoms with Gasteiger partial charge < -0.3 is 10.2 Å². The van der Waals surface area contributed by atoms with Crippen LogP contribution in [0.2, 0.25) is 5.02 Å². The molecule has 1 saturated heterocycles. The summed E-state index contributed by atoms with van der Waals surface area (Å²) in [5, 5.41) is 4.07. The van der Waals surface area contributed by atoms with Crippen molar-refractivity contribution >= 4 is 23.2 Å². The van der Waals surface area contributed by atoms with E-state index >= 15 is 0 Å². The Morgan fingerprint density at radius 3 is 2.76 bits per heavy atom. The zero-order chi connectivity index (χ0) is 15.0. The maximum atomic E-state index is 12.7. The largest absolute Gasteiger partial charge is 0.314 e. The quantitative estimate of drug-likeness (QED) is 0.906. The Labute approximate surface area is 131 Å². The van der Waals surface area contributed by atoms with Crippen molar-refractivity contribution in [2.45, 2.75) is 19.3 Å². The van der Waals surface area contributed by atoms with Crippen LogP contribution in [0.5, 0.6) is 0 Å². The fourth-order valence-corrected chi connectivity index (χ4v) is 3.76. The van der Waals surface area contributed by atoms with E-state index in [0.717, 1.165) is 42.5 Å². The van der Waals surface area contributed by atoms with Crippen molar-refractivity contribution in [1.29, 1.82) is 0 Å². The summed E-state index contributed by atoms with van der Waals surface area (Å²) >= 11 is 6.36. The number of nitrogens with zero attached hydrogens (tertiary/aromatic N) is 2. The number of hydrogen-bond donors (Lipinski definition) is 1. The zero-order valence-electron chi connectivity index (χ0n) is 12.7. The zero-order valence-corrected chi connectivity index (χ0v) is 13.4. The van der Waals surface area contributed by atoms with E-state index in [2.05, 4.69) is 24.1 Å². The Kier molecular flexibility index (Phi) is 3.95. The first kappa shape index (κ1) is 14.8. The highest BCUT2D eigenvalue weighted by atomic mass is 35.5. The lowest BCUT2D eigenvalue weighted by atomic mass is 9.87. The molecule has 2 aliphatic heterocycles. The number of amides is 1. The van der Waals surface area contributed by atoms with Gasteiger partial charge >= 0.3 is 0 Å². The van der Waals surface area contributed by atoms with Gasteiger partial charge in [-0.25, -0.2) is 0 Å². The third-order valence-electron chi connectivity index (χ3n) is 4.38. The van der Waals surface area contributed by atoms with E-state index in [1.165, 1.54) is 0 Å². The minimum Gasteiger partial charge on any atom is -0.314 e. The number of carbonyl (C=O) groups excluding carboxylic acids is 1. The van der Waals surface area contributed by atoms with Crippen molar-refractivity contribution in [3.05, 3.63) is 28.8 Å². The van der Waals surface area contributed by atoms with Crippen molar-refractivity contribution in [2.24, 2.45) is 0 Å². The molecule has 0 aliphatic carbocycles. The number of nitrogens with one attached hydrogen (secondary N) is 1. The number of piperazine rings is 1. The van der Waals surface area contributed by atoms with Crippen LogP contribution in [-0.4, -0.2) is 50.1 Å². The predicted octanol–water partition coefficient (Wildman–Crippen LogP) is 1.87. The van der Waals surface area contributed by atoms with Gasteiger partial charge in [-0.2, -0.15) is 0 Å². The highest BCUT2D eigenvalue weighted by Gasteiger charge is 2.39. The number of fused-ring (bicyclic) bond motifs is 1. The molecule has 5 heteroatoms. The van der Waals surface area contributed by atoms with Crippen molar-refractivity contribution in [2.75, 3.05) is 44.2 Å². The molecule has 1 amide bonds. The van der Waals surface area contributed by atoms with Gasteiger partial charge in [0.05, 0.1) is 6.54 Å². The van der Waals surface area contributed by atoms with Gasteiger partial charge in [0.25, 0.3) is 0 Å².